The van der Waals surface area contributed by atoms with Crippen LogP contribution < -0.4 is 0 Å². The zero-order valence-electron chi connectivity index (χ0n) is 22.7. The second-order valence-corrected chi connectivity index (χ2v) is 12.9. The van der Waals surface area contributed by atoms with Gasteiger partial charge in [0.05, 0.1) is 0 Å². The Morgan fingerprint density at radius 2 is 0.762 bits per heavy atom. The summed E-state index contributed by atoms with van der Waals surface area (Å²) in [5.41, 5.74) is 6.50. The van der Waals surface area contributed by atoms with E-state index in [0.717, 1.165) is 0 Å². The molecule has 0 aliphatic rings. The van der Waals surface area contributed by atoms with Gasteiger partial charge in [-0.25, -0.2) is 0 Å². The molecule has 196 valence electrons. The fraction of sp³-hybridized carbons (Fsp3) is 0. The molecule has 9 rings (SSSR count). The summed E-state index contributed by atoms with van der Waals surface area (Å²) in [4.78, 5) is 1.33. The van der Waals surface area contributed by atoms with Crippen LogP contribution in [-0.4, -0.2) is 0 Å². The lowest BCUT2D eigenvalue weighted by atomic mass is 9.84. The molecular weight excluding hydrogens is 545 g/mol. The van der Waals surface area contributed by atoms with Gasteiger partial charge in [0.15, 0.2) is 0 Å². The monoisotopic (exact) mass is 568 g/mol. The molecule has 2 heterocycles. The van der Waals surface area contributed by atoms with Gasteiger partial charge in [0.2, 0.25) is 0 Å². The first-order valence-electron chi connectivity index (χ1n) is 14.3. The first-order valence-corrected chi connectivity index (χ1v) is 15.9. The Morgan fingerprint density at radius 3 is 1.38 bits per heavy atom. The Labute approximate surface area is 251 Å². The Morgan fingerprint density at radius 1 is 0.286 bits per heavy atom. The molecule has 0 fully saturated rings. The topological polar surface area (TPSA) is 0 Å². The number of rotatable bonds is 3. The smallest absolute Gasteiger partial charge is 0.0434 e. The standard InChI is InChI=1S/C40H24S2/c1-3-13-25(14-4-1)35-27-17-7-9-19-29(27)36(30-20-10-8-18-28(30)35)39-38-34(42-40(39)26-15-5-2-6-16-26)24-23-33-37(38)31-21-11-12-22-32(31)41-33/h1-24H. The fourth-order valence-corrected chi connectivity index (χ4v) is 9.09. The van der Waals surface area contributed by atoms with E-state index in [2.05, 4.69) is 146 Å². The van der Waals surface area contributed by atoms with Gasteiger partial charge in [-0.2, -0.15) is 0 Å². The number of benzene rings is 7. The summed E-state index contributed by atoms with van der Waals surface area (Å²) in [7, 11) is 0. The van der Waals surface area contributed by atoms with Crippen LogP contribution in [0, 0.1) is 0 Å². The number of hydrogen-bond donors (Lipinski definition) is 0. The van der Waals surface area contributed by atoms with Crippen LogP contribution >= 0.6 is 22.7 Å². The minimum atomic E-state index is 1.25. The molecule has 0 bridgehead atoms. The van der Waals surface area contributed by atoms with E-state index < -0.39 is 0 Å². The van der Waals surface area contributed by atoms with E-state index in [0.29, 0.717) is 0 Å². The molecule has 2 aromatic heterocycles. The van der Waals surface area contributed by atoms with Gasteiger partial charge in [0, 0.05) is 40.7 Å². The van der Waals surface area contributed by atoms with E-state index in [4.69, 9.17) is 0 Å². The molecule has 0 nitrogen and oxygen atoms in total. The van der Waals surface area contributed by atoms with Crippen LogP contribution in [0.4, 0.5) is 0 Å². The Hall–Kier alpha value is -4.76. The molecule has 2 heteroatoms. The molecule has 9 aromatic rings. The van der Waals surface area contributed by atoms with Gasteiger partial charge < -0.3 is 0 Å². The van der Waals surface area contributed by atoms with Gasteiger partial charge in [0.1, 0.15) is 0 Å². The van der Waals surface area contributed by atoms with Crippen molar-refractivity contribution >= 4 is 74.5 Å². The van der Waals surface area contributed by atoms with Gasteiger partial charge in [-0.15, -0.1) is 22.7 Å². The highest BCUT2D eigenvalue weighted by Gasteiger charge is 2.24. The highest BCUT2D eigenvalue weighted by molar-refractivity contribution is 7.27. The van der Waals surface area contributed by atoms with Gasteiger partial charge in [-0.3, -0.25) is 0 Å². The third-order valence-electron chi connectivity index (χ3n) is 8.47. The van der Waals surface area contributed by atoms with E-state index in [-0.39, 0.29) is 0 Å². The van der Waals surface area contributed by atoms with Crippen LogP contribution in [0.3, 0.4) is 0 Å². The molecule has 0 radical (unpaired) electrons. The van der Waals surface area contributed by atoms with Crippen molar-refractivity contribution in [2.45, 2.75) is 0 Å². The molecule has 42 heavy (non-hydrogen) atoms. The van der Waals surface area contributed by atoms with Crippen molar-refractivity contribution in [2.24, 2.45) is 0 Å². The van der Waals surface area contributed by atoms with Crippen LogP contribution in [-0.2, 0) is 0 Å². The van der Waals surface area contributed by atoms with Crippen molar-refractivity contribution in [3.63, 3.8) is 0 Å². The van der Waals surface area contributed by atoms with E-state index in [1.165, 1.54) is 84.5 Å². The summed E-state index contributed by atoms with van der Waals surface area (Å²) in [5, 5.41) is 9.26. The van der Waals surface area contributed by atoms with E-state index in [1.807, 2.05) is 22.7 Å². The molecule has 0 aliphatic carbocycles. The molecule has 0 aliphatic heterocycles. The lowest BCUT2D eigenvalue weighted by molar-refractivity contribution is 1.67. The molecule has 7 aromatic carbocycles. The number of hydrogen-bond acceptors (Lipinski definition) is 2. The van der Waals surface area contributed by atoms with Crippen LogP contribution in [0.15, 0.2) is 146 Å². The van der Waals surface area contributed by atoms with Crippen molar-refractivity contribution in [1.29, 1.82) is 0 Å². The summed E-state index contributed by atoms with van der Waals surface area (Å²) < 4.78 is 4.02. The predicted octanol–water partition coefficient (Wildman–Crippen LogP) is 12.6. The Bertz CT molecular complexity index is 2390. The van der Waals surface area contributed by atoms with Crippen molar-refractivity contribution < 1.29 is 0 Å². The van der Waals surface area contributed by atoms with Gasteiger partial charge in [-0.1, -0.05) is 127 Å². The van der Waals surface area contributed by atoms with E-state index >= 15 is 0 Å². The zero-order chi connectivity index (χ0) is 27.6. The molecule has 0 N–H and O–H groups in total. The number of fused-ring (bicyclic) bond motifs is 7. The van der Waals surface area contributed by atoms with Crippen LogP contribution in [0.1, 0.15) is 0 Å². The first-order chi connectivity index (χ1) is 20.9. The molecule has 0 spiro atoms. The highest BCUT2D eigenvalue weighted by Crippen LogP contribution is 2.54. The minimum absolute atomic E-state index is 1.25. The molecule has 0 saturated carbocycles. The largest absolute Gasteiger partial charge is 0.135 e. The maximum atomic E-state index is 2.34. The summed E-state index contributed by atoms with van der Waals surface area (Å²) in [5.74, 6) is 0. The van der Waals surface area contributed by atoms with Crippen molar-refractivity contribution in [3.05, 3.63) is 146 Å². The summed E-state index contributed by atoms with van der Waals surface area (Å²) in [6.07, 6.45) is 0. The molecule has 0 unspecified atom stereocenters. The molecule has 0 atom stereocenters. The van der Waals surface area contributed by atoms with Crippen LogP contribution in [0.25, 0.3) is 84.5 Å². The average molecular weight is 569 g/mol. The molecule has 0 amide bonds. The first kappa shape index (κ1) is 23.9. The van der Waals surface area contributed by atoms with Crippen molar-refractivity contribution in [3.8, 4) is 32.7 Å². The summed E-state index contributed by atoms with van der Waals surface area (Å²) in [6.45, 7) is 0. The van der Waals surface area contributed by atoms with Gasteiger partial charge in [0.25, 0.3) is 0 Å². The normalized spacial score (nSPS) is 11.8. The highest BCUT2D eigenvalue weighted by atomic mass is 32.1. The lowest BCUT2D eigenvalue weighted by Crippen LogP contribution is -1.91. The molecule has 0 saturated heterocycles. The SMILES string of the molecule is c1ccc(-c2sc3ccc4sc5ccccc5c4c3c2-c2c3ccccc3c(-c3ccccc3)c3ccccc23)cc1. The van der Waals surface area contributed by atoms with Gasteiger partial charge >= 0.3 is 0 Å². The second-order valence-electron chi connectivity index (χ2n) is 10.8. The van der Waals surface area contributed by atoms with E-state index in [1.54, 1.807) is 0 Å². The van der Waals surface area contributed by atoms with E-state index in [9.17, 15) is 0 Å². The summed E-state index contributed by atoms with van der Waals surface area (Å²) >= 11 is 3.82. The third kappa shape index (κ3) is 3.46. The third-order valence-corrected chi connectivity index (χ3v) is 10.8. The zero-order valence-corrected chi connectivity index (χ0v) is 24.3. The maximum Gasteiger partial charge on any atom is 0.0434 e. The predicted molar refractivity (Wildman–Crippen MR) is 186 cm³/mol. The van der Waals surface area contributed by atoms with Crippen LogP contribution in [0.5, 0.6) is 0 Å². The minimum Gasteiger partial charge on any atom is -0.135 e. The van der Waals surface area contributed by atoms with Crippen molar-refractivity contribution in [1.82, 2.24) is 0 Å². The fourth-order valence-electron chi connectivity index (χ4n) is 6.75. The average Bonchev–Trinajstić information content (AvgIpc) is 3.63. The van der Waals surface area contributed by atoms with Crippen LogP contribution in [0.2, 0.25) is 0 Å². The second kappa shape index (κ2) is 9.39. The Kier molecular flexibility index (Phi) is 5.34. The van der Waals surface area contributed by atoms with Crippen molar-refractivity contribution in [2.75, 3.05) is 0 Å². The quantitative estimate of drug-likeness (QED) is 0.186. The Balaban J connectivity index is 1.55. The molecular formula is C40H24S2. The maximum absolute atomic E-state index is 2.34. The number of thiophene rings is 2. The summed E-state index contributed by atoms with van der Waals surface area (Å²) in [6, 6.07) is 53.4. The lowest BCUT2D eigenvalue weighted by Gasteiger charge is -2.18. The van der Waals surface area contributed by atoms with Gasteiger partial charge in [-0.05, 0) is 62.0 Å².